The van der Waals surface area contributed by atoms with Gasteiger partial charge in [0, 0.05) is 14.1 Å². The number of rotatable bonds is 8. The maximum atomic E-state index is 12.3. The lowest BCUT2D eigenvalue weighted by molar-refractivity contribution is -0.116. The fourth-order valence-corrected chi connectivity index (χ4v) is 3.19. The second-order valence-electron chi connectivity index (χ2n) is 6.11. The first-order chi connectivity index (χ1) is 12.7. The fourth-order valence-electron chi connectivity index (χ4n) is 2.26. The van der Waals surface area contributed by atoms with Crippen LogP contribution >= 0.6 is 0 Å². The summed E-state index contributed by atoms with van der Waals surface area (Å²) in [6.07, 6.45) is 0.113. The molecule has 0 bridgehead atoms. The molecule has 2 rings (SSSR count). The Morgan fingerprint density at radius 1 is 1.11 bits per heavy atom. The zero-order chi connectivity index (χ0) is 20.0. The van der Waals surface area contributed by atoms with Crippen molar-refractivity contribution in [3.63, 3.8) is 0 Å². The predicted octanol–water partition coefficient (Wildman–Crippen LogP) is 2.66. The average Bonchev–Trinajstić information content (AvgIpc) is 2.63. The highest BCUT2D eigenvalue weighted by Gasteiger charge is 2.19. The number of carbonyl (C=O) groups excluding carboxylic acids is 1. The van der Waals surface area contributed by atoms with Gasteiger partial charge in [0.15, 0.2) is 0 Å². The van der Waals surface area contributed by atoms with Gasteiger partial charge in [0.25, 0.3) is 0 Å². The van der Waals surface area contributed by atoms with E-state index in [0.717, 1.165) is 9.87 Å². The van der Waals surface area contributed by atoms with Crippen LogP contribution in [0.15, 0.2) is 47.4 Å². The Balaban J connectivity index is 2.04. The normalized spacial score (nSPS) is 11.3. The summed E-state index contributed by atoms with van der Waals surface area (Å²) in [5.41, 5.74) is 1.42. The molecule has 0 atom stereocenters. The Morgan fingerprint density at radius 2 is 1.78 bits per heavy atom. The number of ether oxygens (including phenoxy) is 2. The van der Waals surface area contributed by atoms with E-state index >= 15 is 0 Å². The molecule has 7 nitrogen and oxygen atoms in total. The monoisotopic (exact) mass is 392 g/mol. The van der Waals surface area contributed by atoms with Crippen LogP contribution in [0.3, 0.4) is 0 Å². The molecule has 1 N–H and O–H groups in total. The van der Waals surface area contributed by atoms with E-state index in [4.69, 9.17) is 9.47 Å². The summed E-state index contributed by atoms with van der Waals surface area (Å²) in [5.74, 6) is 0.755. The number of amides is 1. The third-order valence-corrected chi connectivity index (χ3v) is 5.65. The Morgan fingerprint density at radius 3 is 2.37 bits per heavy atom. The number of hydrogen-bond acceptors (Lipinski definition) is 5. The van der Waals surface area contributed by atoms with Crippen molar-refractivity contribution in [2.24, 2.45) is 0 Å². The summed E-state index contributed by atoms with van der Waals surface area (Å²) >= 11 is 0. The maximum Gasteiger partial charge on any atom is 0.242 e. The molecule has 2 aromatic rings. The number of benzene rings is 2. The minimum absolute atomic E-state index is 0.0690. The molecule has 1 amide bonds. The molecule has 146 valence electrons. The van der Waals surface area contributed by atoms with Crippen molar-refractivity contribution in [1.29, 1.82) is 0 Å². The largest absolute Gasteiger partial charge is 0.495 e. The van der Waals surface area contributed by atoms with Crippen LogP contribution in [0, 0.1) is 6.92 Å². The predicted molar refractivity (Wildman–Crippen MR) is 104 cm³/mol. The quantitative estimate of drug-likeness (QED) is 0.747. The maximum absolute atomic E-state index is 12.3. The van der Waals surface area contributed by atoms with E-state index in [9.17, 15) is 13.2 Å². The van der Waals surface area contributed by atoms with Crippen LogP contribution < -0.4 is 14.8 Å². The number of anilines is 1. The third-order valence-electron chi connectivity index (χ3n) is 3.84. The van der Waals surface area contributed by atoms with Crippen LogP contribution in [-0.4, -0.2) is 46.4 Å². The Bertz CT molecular complexity index is 893. The van der Waals surface area contributed by atoms with Crippen LogP contribution in [0.2, 0.25) is 0 Å². The lowest BCUT2D eigenvalue weighted by Crippen LogP contribution is -2.22. The highest BCUT2D eigenvalue weighted by molar-refractivity contribution is 7.89. The van der Waals surface area contributed by atoms with Gasteiger partial charge in [0.1, 0.15) is 11.5 Å². The molecule has 0 radical (unpaired) electrons. The number of hydrogen-bond donors (Lipinski definition) is 1. The van der Waals surface area contributed by atoms with Gasteiger partial charge in [-0.2, -0.15) is 0 Å². The molecule has 0 saturated heterocycles. The van der Waals surface area contributed by atoms with E-state index in [0.29, 0.717) is 17.2 Å². The minimum Gasteiger partial charge on any atom is -0.495 e. The van der Waals surface area contributed by atoms with Gasteiger partial charge in [-0.3, -0.25) is 4.79 Å². The van der Waals surface area contributed by atoms with Gasteiger partial charge in [-0.1, -0.05) is 17.7 Å². The summed E-state index contributed by atoms with van der Waals surface area (Å²) in [6.45, 7) is 2.18. The smallest absolute Gasteiger partial charge is 0.242 e. The molecule has 0 unspecified atom stereocenters. The molecule has 8 heteroatoms. The molecule has 0 heterocycles. The highest BCUT2D eigenvalue weighted by atomic mass is 32.2. The molecule has 0 fully saturated rings. The zero-order valence-electron chi connectivity index (χ0n) is 15.9. The number of carbonyl (C=O) groups is 1. The van der Waals surface area contributed by atoms with Crippen molar-refractivity contribution in [3.8, 4) is 11.5 Å². The van der Waals surface area contributed by atoms with Crippen LogP contribution in [0.4, 0.5) is 5.69 Å². The first kappa shape index (κ1) is 20.7. The number of aryl methyl sites for hydroxylation is 1. The fraction of sp³-hybridized carbons (Fsp3) is 0.316. The number of nitrogens with zero attached hydrogens (tertiary/aromatic N) is 1. The summed E-state index contributed by atoms with van der Waals surface area (Å²) < 4.78 is 36.4. The van der Waals surface area contributed by atoms with Crippen molar-refractivity contribution in [1.82, 2.24) is 4.31 Å². The summed E-state index contributed by atoms with van der Waals surface area (Å²) in [6, 6.07) is 11.9. The van der Waals surface area contributed by atoms with Crippen molar-refractivity contribution in [2.45, 2.75) is 18.2 Å². The van der Waals surface area contributed by atoms with Gasteiger partial charge < -0.3 is 14.8 Å². The van der Waals surface area contributed by atoms with Crippen molar-refractivity contribution < 1.29 is 22.7 Å². The van der Waals surface area contributed by atoms with Crippen LogP contribution in [-0.2, 0) is 14.8 Å². The molecular formula is C19H24N2O5S. The Labute approximate surface area is 160 Å². The molecule has 0 aliphatic heterocycles. The lowest BCUT2D eigenvalue weighted by atomic mass is 10.2. The first-order valence-corrected chi connectivity index (χ1v) is 9.78. The van der Waals surface area contributed by atoms with Gasteiger partial charge >= 0.3 is 0 Å². The molecule has 0 aliphatic rings. The van der Waals surface area contributed by atoms with E-state index in [1.165, 1.54) is 39.4 Å². The van der Waals surface area contributed by atoms with Crippen molar-refractivity contribution >= 4 is 21.6 Å². The van der Waals surface area contributed by atoms with Crippen LogP contribution in [0.1, 0.15) is 12.0 Å². The van der Waals surface area contributed by atoms with Gasteiger partial charge in [0.2, 0.25) is 15.9 Å². The highest BCUT2D eigenvalue weighted by Crippen LogP contribution is 2.28. The minimum atomic E-state index is -3.61. The van der Waals surface area contributed by atoms with Gasteiger partial charge in [-0.05, 0) is 37.3 Å². The van der Waals surface area contributed by atoms with E-state index in [1.807, 2.05) is 31.2 Å². The van der Waals surface area contributed by atoms with Crippen LogP contribution in [0.25, 0.3) is 0 Å². The Kier molecular flexibility index (Phi) is 6.81. The van der Waals surface area contributed by atoms with E-state index in [2.05, 4.69) is 5.32 Å². The third kappa shape index (κ3) is 5.45. The first-order valence-electron chi connectivity index (χ1n) is 8.34. The van der Waals surface area contributed by atoms with Gasteiger partial charge in [-0.15, -0.1) is 0 Å². The Hall–Kier alpha value is -2.58. The molecular weight excluding hydrogens is 368 g/mol. The molecule has 0 spiro atoms. The standard InChI is InChI=1S/C19H24N2O5S/c1-14-5-7-15(8-6-14)26-12-11-19(22)20-17-13-16(9-10-18(17)25-4)27(23,24)21(2)3/h5-10,13H,11-12H2,1-4H3,(H,20,22). The molecule has 2 aromatic carbocycles. The number of methoxy groups -OCH3 is 1. The molecule has 27 heavy (non-hydrogen) atoms. The van der Waals surface area contributed by atoms with E-state index < -0.39 is 10.0 Å². The SMILES string of the molecule is COc1ccc(S(=O)(=O)N(C)C)cc1NC(=O)CCOc1ccc(C)cc1. The number of nitrogens with one attached hydrogen (secondary N) is 1. The lowest BCUT2D eigenvalue weighted by Gasteiger charge is -2.15. The second kappa shape index (κ2) is 8.88. The summed E-state index contributed by atoms with van der Waals surface area (Å²) in [7, 11) is 0.724. The van der Waals surface area contributed by atoms with E-state index in [-0.39, 0.29) is 23.8 Å². The van der Waals surface area contributed by atoms with Gasteiger partial charge in [0.05, 0.1) is 30.7 Å². The summed E-state index contributed by atoms with van der Waals surface area (Å²) in [4.78, 5) is 12.3. The number of sulfonamides is 1. The van der Waals surface area contributed by atoms with Crippen LogP contribution in [0.5, 0.6) is 11.5 Å². The van der Waals surface area contributed by atoms with E-state index in [1.54, 1.807) is 0 Å². The summed E-state index contributed by atoms with van der Waals surface area (Å²) in [5, 5.41) is 2.68. The van der Waals surface area contributed by atoms with Crippen molar-refractivity contribution in [2.75, 3.05) is 33.1 Å². The average molecular weight is 392 g/mol. The topological polar surface area (TPSA) is 84.9 Å². The van der Waals surface area contributed by atoms with Crippen molar-refractivity contribution in [3.05, 3.63) is 48.0 Å². The molecule has 0 aliphatic carbocycles. The van der Waals surface area contributed by atoms with Gasteiger partial charge in [-0.25, -0.2) is 12.7 Å². The zero-order valence-corrected chi connectivity index (χ0v) is 16.7. The molecule has 0 aromatic heterocycles. The molecule has 0 saturated carbocycles. The second-order valence-corrected chi connectivity index (χ2v) is 8.26.